The Labute approximate surface area is 119 Å². The van der Waals surface area contributed by atoms with Gasteiger partial charge in [-0.05, 0) is 49.7 Å². The summed E-state index contributed by atoms with van der Waals surface area (Å²) in [5.41, 5.74) is 2.21. The Balaban J connectivity index is 2.24. The van der Waals surface area contributed by atoms with Gasteiger partial charge in [-0.1, -0.05) is 0 Å². The van der Waals surface area contributed by atoms with Crippen LogP contribution >= 0.6 is 0 Å². The van der Waals surface area contributed by atoms with E-state index in [-0.39, 0.29) is 4.90 Å². The van der Waals surface area contributed by atoms with Crippen LogP contribution < -0.4 is 10.0 Å². The number of pyridine rings is 1. The third kappa shape index (κ3) is 3.27. The summed E-state index contributed by atoms with van der Waals surface area (Å²) in [6.45, 7) is 4.60. The zero-order chi connectivity index (χ0) is 14.6. The lowest BCUT2D eigenvalue weighted by atomic mass is 10.3. The van der Waals surface area contributed by atoms with E-state index in [9.17, 15) is 8.42 Å². The maximum absolute atomic E-state index is 12.3. The van der Waals surface area contributed by atoms with Crippen molar-refractivity contribution in [3.8, 4) is 0 Å². The van der Waals surface area contributed by atoms with Crippen LogP contribution in [-0.4, -0.2) is 19.9 Å². The van der Waals surface area contributed by atoms with Crippen LogP contribution in [0.2, 0.25) is 0 Å². The predicted molar refractivity (Wildman–Crippen MR) is 80.4 cm³/mol. The Morgan fingerprint density at radius 2 is 1.85 bits per heavy atom. The van der Waals surface area contributed by atoms with Crippen LogP contribution in [0.15, 0.2) is 47.6 Å². The molecule has 0 atom stereocenters. The predicted octanol–water partition coefficient (Wildman–Crippen LogP) is 2.62. The first-order valence-corrected chi connectivity index (χ1v) is 7.78. The van der Waals surface area contributed by atoms with Gasteiger partial charge < -0.3 is 5.32 Å². The van der Waals surface area contributed by atoms with E-state index < -0.39 is 10.0 Å². The molecule has 20 heavy (non-hydrogen) atoms. The van der Waals surface area contributed by atoms with E-state index in [4.69, 9.17) is 0 Å². The van der Waals surface area contributed by atoms with Gasteiger partial charge in [0.05, 0.1) is 16.8 Å². The Morgan fingerprint density at radius 3 is 2.45 bits per heavy atom. The number of hydrogen-bond acceptors (Lipinski definition) is 4. The molecule has 6 heteroatoms. The van der Waals surface area contributed by atoms with Gasteiger partial charge in [-0.15, -0.1) is 0 Å². The third-order valence-electron chi connectivity index (χ3n) is 2.83. The Morgan fingerprint density at radius 1 is 1.15 bits per heavy atom. The topological polar surface area (TPSA) is 71.1 Å². The quantitative estimate of drug-likeness (QED) is 0.888. The molecule has 2 N–H and O–H groups in total. The molecular formula is C14H17N3O2S. The summed E-state index contributed by atoms with van der Waals surface area (Å²) in [7, 11) is -3.59. The number of aromatic nitrogens is 1. The van der Waals surface area contributed by atoms with E-state index >= 15 is 0 Å². The van der Waals surface area contributed by atoms with E-state index in [0.29, 0.717) is 5.69 Å². The van der Waals surface area contributed by atoms with E-state index in [2.05, 4.69) is 15.0 Å². The number of benzene rings is 1. The van der Waals surface area contributed by atoms with Crippen LogP contribution in [0.4, 0.5) is 11.4 Å². The van der Waals surface area contributed by atoms with E-state index in [1.807, 2.05) is 13.8 Å². The summed E-state index contributed by atoms with van der Waals surface area (Å²) >= 11 is 0. The summed E-state index contributed by atoms with van der Waals surface area (Å²) in [4.78, 5) is 4.15. The van der Waals surface area contributed by atoms with Crippen molar-refractivity contribution in [2.75, 3.05) is 16.6 Å². The smallest absolute Gasteiger partial charge is 0.261 e. The Bertz CT molecular complexity index is 682. The molecule has 0 aliphatic rings. The molecule has 0 amide bonds. The normalized spacial score (nSPS) is 11.1. The fraction of sp³-hybridized carbons (Fsp3) is 0.214. The SMILES string of the molecule is CCNc1ccc(S(=O)(=O)Nc2cnccc2C)cc1. The summed E-state index contributed by atoms with van der Waals surface area (Å²) < 4.78 is 27.1. The molecular weight excluding hydrogens is 274 g/mol. The van der Waals surface area contributed by atoms with E-state index in [0.717, 1.165) is 17.8 Å². The minimum Gasteiger partial charge on any atom is -0.385 e. The highest BCUT2D eigenvalue weighted by Gasteiger charge is 2.15. The lowest BCUT2D eigenvalue weighted by Gasteiger charge is -2.10. The first-order chi connectivity index (χ1) is 9.53. The van der Waals surface area contributed by atoms with Gasteiger partial charge in [0.15, 0.2) is 0 Å². The molecule has 106 valence electrons. The summed E-state index contributed by atoms with van der Waals surface area (Å²) in [5.74, 6) is 0. The highest BCUT2D eigenvalue weighted by molar-refractivity contribution is 7.92. The molecule has 0 saturated heterocycles. The van der Waals surface area contributed by atoms with Gasteiger partial charge in [0, 0.05) is 18.4 Å². The van der Waals surface area contributed by atoms with Crippen molar-refractivity contribution >= 4 is 21.4 Å². The lowest BCUT2D eigenvalue weighted by molar-refractivity contribution is 0.601. The first kappa shape index (κ1) is 14.3. The lowest BCUT2D eigenvalue weighted by Crippen LogP contribution is -2.14. The monoisotopic (exact) mass is 291 g/mol. The molecule has 2 aromatic rings. The van der Waals surface area contributed by atoms with Crippen LogP contribution in [0.5, 0.6) is 0 Å². The number of aryl methyl sites for hydroxylation is 1. The molecule has 0 aliphatic heterocycles. The van der Waals surface area contributed by atoms with Crippen molar-refractivity contribution in [1.82, 2.24) is 4.98 Å². The van der Waals surface area contributed by atoms with E-state index in [1.165, 1.54) is 6.20 Å². The van der Waals surface area contributed by atoms with Crippen LogP contribution in [0.3, 0.4) is 0 Å². The molecule has 0 bridgehead atoms. The average Bonchev–Trinajstić information content (AvgIpc) is 2.42. The van der Waals surface area contributed by atoms with Gasteiger partial charge in [0.2, 0.25) is 0 Å². The molecule has 1 aromatic heterocycles. The Kier molecular flexibility index (Phi) is 4.24. The summed E-state index contributed by atoms with van der Waals surface area (Å²) in [6.07, 6.45) is 3.12. The number of hydrogen-bond donors (Lipinski definition) is 2. The van der Waals surface area contributed by atoms with Crippen molar-refractivity contribution in [3.63, 3.8) is 0 Å². The second-order valence-corrected chi connectivity index (χ2v) is 6.03. The van der Waals surface area contributed by atoms with Gasteiger partial charge in [-0.3, -0.25) is 9.71 Å². The number of nitrogens with one attached hydrogen (secondary N) is 2. The molecule has 0 fully saturated rings. The van der Waals surface area contributed by atoms with Crippen LogP contribution in [0, 0.1) is 6.92 Å². The molecule has 0 spiro atoms. The minimum absolute atomic E-state index is 0.224. The maximum Gasteiger partial charge on any atom is 0.261 e. The first-order valence-electron chi connectivity index (χ1n) is 6.30. The molecule has 1 heterocycles. The summed E-state index contributed by atoms with van der Waals surface area (Å²) in [5, 5.41) is 3.12. The highest BCUT2D eigenvalue weighted by atomic mass is 32.2. The minimum atomic E-state index is -3.59. The largest absolute Gasteiger partial charge is 0.385 e. The fourth-order valence-corrected chi connectivity index (χ4v) is 2.85. The summed E-state index contributed by atoms with van der Waals surface area (Å²) in [6, 6.07) is 8.40. The van der Waals surface area contributed by atoms with Crippen molar-refractivity contribution in [3.05, 3.63) is 48.3 Å². The molecule has 0 radical (unpaired) electrons. The highest BCUT2D eigenvalue weighted by Crippen LogP contribution is 2.19. The van der Waals surface area contributed by atoms with Crippen LogP contribution in [0.1, 0.15) is 12.5 Å². The number of sulfonamides is 1. The Hall–Kier alpha value is -2.08. The zero-order valence-corrected chi connectivity index (χ0v) is 12.2. The van der Waals surface area contributed by atoms with Crippen LogP contribution in [-0.2, 0) is 10.0 Å². The number of nitrogens with zero attached hydrogens (tertiary/aromatic N) is 1. The standard InChI is InChI=1S/C14H17N3O2S/c1-3-16-12-4-6-13(7-5-12)20(18,19)17-14-10-15-9-8-11(14)2/h4-10,16-17H,3H2,1-2H3. The number of anilines is 2. The third-order valence-corrected chi connectivity index (χ3v) is 4.21. The fourth-order valence-electron chi connectivity index (χ4n) is 1.73. The molecule has 0 aliphatic carbocycles. The van der Waals surface area contributed by atoms with Gasteiger partial charge in [-0.25, -0.2) is 8.42 Å². The van der Waals surface area contributed by atoms with Crippen molar-refractivity contribution < 1.29 is 8.42 Å². The van der Waals surface area contributed by atoms with Gasteiger partial charge in [-0.2, -0.15) is 0 Å². The van der Waals surface area contributed by atoms with E-state index in [1.54, 1.807) is 36.5 Å². The molecule has 5 nitrogen and oxygen atoms in total. The van der Waals surface area contributed by atoms with Gasteiger partial charge in [0.1, 0.15) is 0 Å². The molecule has 0 unspecified atom stereocenters. The maximum atomic E-state index is 12.3. The van der Waals surface area contributed by atoms with Crippen LogP contribution in [0.25, 0.3) is 0 Å². The second-order valence-electron chi connectivity index (χ2n) is 4.35. The molecule has 1 aromatic carbocycles. The average molecular weight is 291 g/mol. The van der Waals surface area contributed by atoms with Gasteiger partial charge >= 0.3 is 0 Å². The second kappa shape index (κ2) is 5.92. The molecule has 2 rings (SSSR count). The molecule has 0 saturated carbocycles. The van der Waals surface area contributed by atoms with Gasteiger partial charge in [0.25, 0.3) is 10.0 Å². The number of rotatable bonds is 5. The van der Waals surface area contributed by atoms with Crippen molar-refractivity contribution in [2.45, 2.75) is 18.7 Å². The van der Waals surface area contributed by atoms with Crippen molar-refractivity contribution in [1.29, 1.82) is 0 Å². The van der Waals surface area contributed by atoms with Crippen molar-refractivity contribution in [2.24, 2.45) is 0 Å². The zero-order valence-electron chi connectivity index (χ0n) is 11.4.